The van der Waals surface area contributed by atoms with Crippen molar-refractivity contribution in [1.29, 1.82) is 0 Å². The monoisotopic (exact) mass is 255 g/mol. The van der Waals surface area contributed by atoms with Gasteiger partial charge in [-0.05, 0) is 25.0 Å². The molecule has 0 saturated carbocycles. The number of ether oxygens (including phenoxy) is 1. The van der Waals surface area contributed by atoms with E-state index in [0.717, 1.165) is 12.8 Å². The van der Waals surface area contributed by atoms with Crippen LogP contribution < -0.4 is 5.32 Å². The summed E-state index contributed by atoms with van der Waals surface area (Å²) in [6.45, 7) is 0.851. The van der Waals surface area contributed by atoms with Crippen molar-refractivity contribution in [3.05, 3.63) is 23.7 Å². The van der Waals surface area contributed by atoms with Crippen molar-refractivity contribution < 1.29 is 23.8 Å². The number of hydrogen-bond acceptors (Lipinski definition) is 4. The summed E-state index contributed by atoms with van der Waals surface area (Å²) in [5.74, 6) is -0.900. The third kappa shape index (κ3) is 5.01. The number of carboxylic acid groups (broad SMARTS) is 1. The van der Waals surface area contributed by atoms with Gasteiger partial charge < -0.3 is 19.6 Å². The van der Waals surface area contributed by atoms with Gasteiger partial charge in [0.05, 0.1) is 6.54 Å². The quantitative estimate of drug-likeness (QED) is 0.685. The van der Waals surface area contributed by atoms with Gasteiger partial charge in [-0.1, -0.05) is 0 Å². The molecule has 0 aliphatic carbocycles. The predicted molar refractivity (Wildman–Crippen MR) is 63.2 cm³/mol. The van der Waals surface area contributed by atoms with Crippen molar-refractivity contribution in [2.24, 2.45) is 0 Å². The molecule has 1 heterocycles. The average molecular weight is 255 g/mol. The number of carbonyl (C=O) groups is 2. The Kier molecular flexibility index (Phi) is 5.93. The van der Waals surface area contributed by atoms with Gasteiger partial charge in [-0.2, -0.15) is 0 Å². The first-order valence-corrected chi connectivity index (χ1v) is 5.71. The first kappa shape index (κ1) is 14.2. The van der Waals surface area contributed by atoms with Gasteiger partial charge >= 0.3 is 5.97 Å². The maximum absolute atomic E-state index is 11.4. The molecule has 1 aromatic rings. The van der Waals surface area contributed by atoms with Crippen molar-refractivity contribution >= 4 is 11.9 Å². The summed E-state index contributed by atoms with van der Waals surface area (Å²) >= 11 is 0. The van der Waals surface area contributed by atoms with Crippen molar-refractivity contribution in [2.45, 2.75) is 25.8 Å². The molecule has 0 bridgehead atoms. The molecule has 1 rings (SSSR count). The first-order chi connectivity index (χ1) is 8.63. The van der Waals surface area contributed by atoms with Crippen LogP contribution >= 0.6 is 0 Å². The normalized spacial score (nSPS) is 10.3. The van der Waals surface area contributed by atoms with Gasteiger partial charge in [0.1, 0.15) is 5.76 Å². The second kappa shape index (κ2) is 7.50. The molecule has 0 unspecified atom stereocenters. The molecule has 1 amide bonds. The minimum Gasteiger partial charge on any atom is -0.475 e. The summed E-state index contributed by atoms with van der Waals surface area (Å²) in [5, 5.41) is 11.3. The Hall–Kier alpha value is -1.82. The van der Waals surface area contributed by atoms with Gasteiger partial charge in [-0.3, -0.25) is 4.79 Å². The highest BCUT2D eigenvalue weighted by Crippen LogP contribution is 2.07. The molecule has 0 atom stereocenters. The first-order valence-electron chi connectivity index (χ1n) is 5.71. The lowest BCUT2D eigenvalue weighted by Crippen LogP contribution is -2.22. The smallest absolute Gasteiger partial charge is 0.371 e. The van der Waals surface area contributed by atoms with Crippen LogP contribution in [0.4, 0.5) is 0 Å². The molecule has 0 aliphatic heterocycles. The van der Waals surface area contributed by atoms with Gasteiger partial charge in [0.2, 0.25) is 11.7 Å². The Morgan fingerprint density at radius 3 is 2.78 bits per heavy atom. The predicted octanol–water partition coefficient (Wildman–Crippen LogP) is 1.41. The average Bonchev–Trinajstić information content (AvgIpc) is 2.81. The fourth-order valence-corrected chi connectivity index (χ4v) is 1.39. The molecule has 0 spiro atoms. The van der Waals surface area contributed by atoms with Crippen molar-refractivity contribution in [1.82, 2.24) is 5.32 Å². The van der Waals surface area contributed by atoms with E-state index in [2.05, 4.69) is 5.32 Å². The molecular formula is C12H17NO5. The topological polar surface area (TPSA) is 88.8 Å². The summed E-state index contributed by atoms with van der Waals surface area (Å²) in [5.41, 5.74) is 0. The number of hydrogen-bond donors (Lipinski definition) is 2. The summed E-state index contributed by atoms with van der Waals surface area (Å²) in [6, 6.07) is 2.90. The molecule has 6 heteroatoms. The van der Waals surface area contributed by atoms with Crippen LogP contribution in [0.15, 0.2) is 16.5 Å². The molecule has 18 heavy (non-hydrogen) atoms. The molecule has 0 saturated heterocycles. The second-order valence-electron chi connectivity index (χ2n) is 3.80. The maximum atomic E-state index is 11.4. The van der Waals surface area contributed by atoms with E-state index in [1.807, 2.05) is 0 Å². The zero-order valence-corrected chi connectivity index (χ0v) is 10.3. The molecule has 2 N–H and O–H groups in total. The van der Waals surface area contributed by atoms with Gasteiger partial charge in [0.25, 0.3) is 0 Å². The molecule has 0 aromatic carbocycles. The van der Waals surface area contributed by atoms with E-state index in [1.54, 1.807) is 7.11 Å². The van der Waals surface area contributed by atoms with Crippen LogP contribution in [0.5, 0.6) is 0 Å². The fraction of sp³-hybridized carbons (Fsp3) is 0.500. The second-order valence-corrected chi connectivity index (χ2v) is 3.80. The standard InChI is InChI=1S/C12H17NO5/c1-17-7-3-2-4-11(14)13-8-9-5-6-10(18-9)12(15)16/h5-6H,2-4,7-8H2,1H3,(H,13,14)(H,15,16). The summed E-state index contributed by atoms with van der Waals surface area (Å²) in [7, 11) is 1.62. The zero-order chi connectivity index (χ0) is 13.4. The number of aromatic carboxylic acids is 1. The van der Waals surface area contributed by atoms with Crippen LogP contribution in [-0.4, -0.2) is 30.7 Å². The largest absolute Gasteiger partial charge is 0.475 e. The van der Waals surface area contributed by atoms with Crippen LogP contribution in [0.2, 0.25) is 0 Å². The van der Waals surface area contributed by atoms with Crippen LogP contribution in [0.1, 0.15) is 35.6 Å². The van der Waals surface area contributed by atoms with E-state index in [9.17, 15) is 9.59 Å². The lowest BCUT2D eigenvalue weighted by molar-refractivity contribution is -0.121. The highest BCUT2D eigenvalue weighted by molar-refractivity contribution is 5.84. The van der Waals surface area contributed by atoms with E-state index < -0.39 is 5.97 Å². The molecule has 100 valence electrons. The number of unbranched alkanes of at least 4 members (excludes halogenated alkanes) is 1. The number of furan rings is 1. The third-order valence-electron chi connectivity index (χ3n) is 2.33. The Morgan fingerprint density at radius 2 is 2.17 bits per heavy atom. The molecule has 0 aliphatic rings. The number of carboxylic acids is 1. The summed E-state index contributed by atoms with van der Waals surface area (Å²) < 4.78 is 9.88. The van der Waals surface area contributed by atoms with Gasteiger partial charge in [-0.15, -0.1) is 0 Å². The number of nitrogens with one attached hydrogen (secondary N) is 1. The van der Waals surface area contributed by atoms with Gasteiger partial charge in [0.15, 0.2) is 0 Å². The molecule has 1 aromatic heterocycles. The number of methoxy groups -OCH3 is 1. The molecular weight excluding hydrogens is 238 g/mol. The van der Waals surface area contributed by atoms with Crippen LogP contribution in [-0.2, 0) is 16.1 Å². The van der Waals surface area contributed by atoms with Crippen LogP contribution in [0, 0.1) is 0 Å². The molecule has 6 nitrogen and oxygen atoms in total. The lowest BCUT2D eigenvalue weighted by atomic mass is 10.2. The highest BCUT2D eigenvalue weighted by atomic mass is 16.5. The lowest BCUT2D eigenvalue weighted by Gasteiger charge is -2.03. The molecule has 0 fully saturated rings. The zero-order valence-electron chi connectivity index (χ0n) is 10.3. The minimum atomic E-state index is -1.12. The Balaban J connectivity index is 2.23. The minimum absolute atomic E-state index is 0.0839. The van der Waals surface area contributed by atoms with E-state index in [4.69, 9.17) is 14.3 Å². The maximum Gasteiger partial charge on any atom is 0.371 e. The van der Waals surface area contributed by atoms with E-state index in [-0.39, 0.29) is 18.2 Å². The van der Waals surface area contributed by atoms with Crippen LogP contribution in [0.25, 0.3) is 0 Å². The van der Waals surface area contributed by atoms with Crippen molar-refractivity contribution in [2.75, 3.05) is 13.7 Å². The number of carbonyl (C=O) groups excluding carboxylic acids is 1. The van der Waals surface area contributed by atoms with E-state index in [1.165, 1.54) is 12.1 Å². The third-order valence-corrected chi connectivity index (χ3v) is 2.33. The van der Waals surface area contributed by atoms with Gasteiger partial charge in [-0.25, -0.2) is 4.79 Å². The SMILES string of the molecule is COCCCCC(=O)NCc1ccc(C(=O)O)o1. The van der Waals surface area contributed by atoms with Crippen molar-refractivity contribution in [3.8, 4) is 0 Å². The summed E-state index contributed by atoms with van der Waals surface area (Å²) in [6.07, 6.45) is 2.03. The Morgan fingerprint density at radius 1 is 1.39 bits per heavy atom. The van der Waals surface area contributed by atoms with Crippen molar-refractivity contribution in [3.63, 3.8) is 0 Å². The van der Waals surface area contributed by atoms with E-state index >= 15 is 0 Å². The van der Waals surface area contributed by atoms with E-state index in [0.29, 0.717) is 18.8 Å². The summed E-state index contributed by atoms with van der Waals surface area (Å²) in [4.78, 5) is 22.0. The fourth-order valence-electron chi connectivity index (χ4n) is 1.39. The molecule has 0 radical (unpaired) electrons. The highest BCUT2D eigenvalue weighted by Gasteiger charge is 2.09. The number of rotatable bonds is 8. The van der Waals surface area contributed by atoms with Crippen LogP contribution in [0.3, 0.4) is 0 Å². The Bertz CT molecular complexity index is 399. The van der Waals surface area contributed by atoms with Gasteiger partial charge in [0, 0.05) is 20.1 Å². The number of amides is 1. The Labute approximate surface area is 105 Å².